The summed E-state index contributed by atoms with van der Waals surface area (Å²) in [5, 5.41) is 9.90. The first-order chi connectivity index (χ1) is 10.5. The van der Waals surface area contributed by atoms with E-state index in [4.69, 9.17) is 0 Å². The zero-order chi connectivity index (χ0) is 15.3. The van der Waals surface area contributed by atoms with Gasteiger partial charge in [0.25, 0.3) is 0 Å². The molecule has 0 aliphatic heterocycles. The van der Waals surface area contributed by atoms with Gasteiger partial charge in [-0.05, 0) is 86.6 Å². The van der Waals surface area contributed by atoms with Crippen molar-refractivity contribution < 1.29 is 9.90 Å². The van der Waals surface area contributed by atoms with Crippen LogP contribution in [0.3, 0.4) is 0 Å². The maximum absolute atomic E-state index is 12.9. The highest BCUT2D eigenvalue weighted by Crippen LogP contribution is 2.60. The van der Waals surface area contributed by atoms with E-state index in [0.29, 0.717) is 5.56 Å². The van der Waals surface area contributed by atoms with Crippen molar-refractivity contribution >= 4 is 27.8 Å². The molecule has 4 fully saturated rings. The molecule has 4 aliphatic rings. The number of hydrogen-bond acceptors (Lipinski definition) is 2. The number of carbonyl (C=O) groups is 1. The lowest BCUT2D eigenvalue weighted by molar-refractivity contribution is -0.138. The van der Waals surface area contributed by atoms with Crippen molar-refractivity contribution in [3.8, 4) is 5.75 Å². The Morgan fingerprint density at radius 1 is 1.14 bits per heavy atom. The fourth-order valence-electron chi connectivity index (χ4n) is 5.41. The maximum Gasteiger partial charge on any atom is 0.161 e. The van der Waals surface area contributed by atoms with Gasteiger partial charge in [-0.3, -0.25) is 4.79 Å². The molecule has 0 saturated heterocycles. The molecule has 4 saturated carbocycles. The molecule has 3 heteroatoms. The van der Waals surface area contributed by atoms with Gasteiger partial charge in [-0.15, -0.1) is 0 Å². The fourth-order valence-corrected chi connectivity index (χ4v) is 5.79. The van der Waals surface area contributed by atoms with Crippen molar-refractivity contribution in [1.29, 1.82) is 0 Å². The number of ketones is 1. The van der Waals surface area contributed by atoms with E-state index in [2.05, 4.69) is 15.9 Å². The standard InChI is InChI=1S/C19H21BrO2/c20-16-2-3-17(21)15(8-16)1-4-18(22)19-9-12-5-13(10-19)7-14(6-12)11-19/h1-4,8,12-14,21H,5-7,9-11H2. The summed E-state index contributed by atoms with van der Waals surface area (Å²) in [7, 11) is 0. The highest BCUT2D eigenvalue weighted by atomic mass is 79.9. The lowest BCUT2D eigenvalue weighted by Crippen LogP contribution is -2.49. The third kappa shape index (κ3) is 2.44. The van der Waals surface area contributed by atoms with Gasteiger partial charge < -0.3 is 5.11 Å². The molecule has 4 aliphatic carbocycles. The first-order valence-corrected chi connectivity index (χ1v) is 9.04. The molecule has 116 valence electrons. The Morgan fingerprint density at radius 2 is 1.73 bits per heavy atom. The van der Waals surface area contributed by atoms with Crippen LogP contribution in [0.5, 0.6) is 5.75 Å². The van der Waals surface area contributed by atoms with Crippen LogP contribution in [-0.4, -0.2) is 10.9 Å². The van der Waals surface area contributed by atoms with Crippen LogP contribution in [0.4, 0.5) is 0 Å². The average Bonchev–Trinajstić information content (AvgIpc) is 2.46. The first kappa shape index (κ1) is 14.5. The normalized spacial score (nSPS) is 36.1. The van der Waals surface area contributed by atoms with Crippen LogP contribution < -0.4 is 0 Å². The Kier molecular flexibility index (Phi) is 3.44. The molecule has 0 amide bonds. The fraction of sp³-hybridized carbons (Fsp3) is 0.526. The summed E-state index contributed by atoms with van der Waals surface area (Å²) in [5.41, 5.74) is 0.611. The van der Waals surface area contributed by atoms with Gasteiger partial charge in [0.05, 0.1) is 0 Å². The van der Waals surface area contributed by atoms with E-state index < -0.39 is 0 Å². The van der Waals surface area contributed by atoms with Crippen LogP contribution in [-0.2, 0) is 4.79 Å². The summed E-state index contributed by atoms with van der Waals surface area (Å²) < 4.78 is 0.909. The quantitative estimate of drug-likeness (QED) is 0.774. The molecule has 1 aromatic rings. The van der Waals surface area contributed by atoms with Crippen LogP contribution in [0.15, 0.2) is 28.7 Å². The SMILES string of the molecule is O=C(C=Cc1cc(Br)ccc1O)C12CC3CC(CC(C3)C1)C2. The topological polar surface area (TPSA) is 37.3 Å². The van der Waals surface area contributed by atoms with Gasteiger partial charge in [-0.25, -0.2) is 0 Å². The van der Waals surface area contributed by atoms with Gasteiger partial charge in [-0.1, -0.05) is 15.9 Å². The monoisotopic (exact) mass is 360 g/mol. The Balaban J connectivity index is 1.57. The second-order valence-corrected chi connectivity index (χ2v) is 8.51. The molecule has 2 nitrogen and oxygen atoms in total. The number of aromatic hydroxyl groups is 1. The summed E-state index contributed by atoms with van der Waals surface area (Å²) in [5.74, 6) is 2.84. The Hall–Kier alpha value is -1.09. The van der Waals surface area contributed by atoms with Crippen molar-refractivity contribution in [2.75, 3.05) is 0 Å². The molecule has 4 bridgehead atoms. The lowest BCUT2D eigenvalue weighted by Gasteiger charge is -2.55. The third-order valence-electron chi connectivity index (χ3n) is 5.96. The van der Waals surface area contributed by atoms with E-state index in [9.17, 15) is 9.90 Å². The summed E-state index contributed by atoms with van der Waals surface area (Å²) in [6.07, 6.45) is 10.8. The van der Waals surface area contributed by atoms with Crippen LogP contribution >= 0.6 is 15.9 Å². The summed E-state index contributed by atoms with van der Waals surface area (Å²) in [6, 6.07) is 5.30. The third-order valence-corrected chi connectivity index (χ3v) is 6.46. The van der Waals surface area contributed by atoms with Crippen molar-refractivity contribution in [3.63, 3.8) is 0 Å². The molecule has 22 heavy (non-hydrogen) atoms. The molecule has 0 unspecified atom stereocenters. The first-order valence-electron chi connectivity index (χ1n) is 8.25. The number of halogens is 1. The second kappa shape index (κ2) is 5.23. The van der Waals surface area contributed by atoms with Gasteiger partial charge in [0.1, 0.15) is 5.75 Å². The van der Waals surface area contributed by atoms with E-state index in [1.165, 1.54) is 19.3 Å². The van der Waals surface area contributed by atoms with Crippen molar-refractivity contribution in [2.45, 2.75) is 38.5 Å². The minimum Gasteiger partial charge on any atom is -0.507 e. The molecule has 0 radical (unpaired) electrons. The summed E-state index contributed by atoms with van der Waals surface area (Å²) >= 11 is 3.40. The molecule has 0 heterocycles. The summed E-state index contributed by atoms with van der Waals surface area (Å²) in [6.45, 7) is 0. The number of carbonyl (C=O) groups excluding carboxylic acids is 1. The number of rotatable bonds is 3. The molecular formula is C19H21BrO2. The second-order valence-electron chi connectivity index (χ2n) is 7.60. The van der Waals surface area contributed by atoms with Crippen LogP contribution in [0.25, 0.3) is 6.08 Å². The van der Waals surface area contributed by atoms with Crippen molar-refractivity contribution in [3.05, 3.63) is 34.3 Å². The molecule has 0 spiro atoms. The van der Waals surface area contributed by atoms with E-state index in [1.807, 2.05) is 6.07 Å². The maximum atomic E-state index is 12.9. The lowest BCUT2D eigenvalue weighted by atomic mass is 9.48. The minimum absolute atomic E-state index is 0.0904. The minimum atomic E-state index is -0.0904. The largest absolute Gasteiger partial charge is 0.507 e. The molecular weight excluding hydrogens is 340 g/mol. The summed E-state index contributed by atoms with van der Waals surface area (Å²) in [4.78, 5) is 12.9. The van der Waals surface area contributed by atoms with Crippen molar-refractivity contribution in [2.24, 2.45) is 23.2 Å². The van der Waals surface area contributed by atoms with Gasteiger partial charge in [0, 0.05) is 15.5 Å². The molecule has 5 rings (SSSR count). The molecule has 1 aromatic carbocycles. The predicted molar refractivity (Wildman–Crippen MR) is 90.5 cm³/mol. The molecule has 0 aromatic heterocycles. The Labute approximate surface area is 139 Å². The Morgan fingerprint density at radius 3 is 2.32 bits per heavy atom. The van der Waals surface area contributed by atoms with Crippen LogP contribution in [0.2, 0.25) is 0 Å². The van der Waals surface area contributed by atoms with Gasteiger partial charge in [0.2, 0.25) is 0 Å². The van der Waals surface area contributed by atoms with E-state index >= 15 is 0 Å². The van der Waals surface area contributed by atoms with E-state index in [1.54, 1.807) is 24.3 Å². The highest BCUT2D eigenvalue weighted by Gasteiger charge is 2.53. The number of hydrogen-bond donors (Lipinski definition) is 1. The highest BCUT2D eigenvalue weighted by molar-refractivity contribution is 9.10. The Bertz CT molecular complexity index is 612. The van der Waals surface area contributed by atoms with Crippen molar-refractivity contribution in [1.82, 2.24) is 0 Å². The zero-order valence-corrected chi connectivity index (χ0v) is 14.2. The van der Waals surface area contributed by atoms with E-state index in [0.717, 1.165) is 41.5 Å². The predicted octanol–water partition coefficient (Wildman–Crippen LogP) is 4.95. The number of phenolic OH excluding ortho intramolecular Hbond substituents is 1. The van der Waals surface area contributed by atoms with Crippen LogP contribution in [0.1, 0.15) is 44.1 Å². The number of allylic oxidation sites excluding steroid dienone is 1. The average molecular weight is 361 g/mol. The smallest absolute Gasteiger partial charge is 0.161 e. The van der Waals surface area contributed by atoms with E-state index in [-0.39, 0.29) is 16.9 Å². The molecule has 0 atom stereocenters. The zero-order valence-electron chi connectivity index (χ0n) is 12.6. The number of phenols is 1. The van der Waals surface area contributed by atoms with Gasteiger partial charge in [0.15, 0.2) is 5.78 Å². The molecule has 1 N–H and O–H groups in total. The van der Waals surface area contributed by atoms with Crippen LogP contribution in [0, 0.1) is 23.2 Å². The van der Waals surface area contributed by atoms with Gasteiger partial charge in [-0.2, -0.15) is 0 Å². The van der Waals surface area contributed by atoms with Gasteiger partial charge >= 0.3 is 0 Å². The number of benzene rings is 1.